The SMILES string of the molecule is Cc1nn(C(C)C)c(NC2CCCCCC2O)c1[N+](=O)[O-]. The molecular weight excluding hydrogens is 272 g/mol. The minimum atomic E-state index is -0.470. The van der Waals surface area contributed by atoms with Crippen molar-refractivity contribution in [2.24, 2.45) is 0 Å². The Kier molecular flexibility index (Phi) is 4.82. The van der Waals surface area contributed by atoms with Gasteiger partial charge in [0.1, 0.15) is 5.69 Å². The van der Waals surface area contributed by atoms with Gasteiger partial charge in [-0.15, -0.1) is 0 Å². The Morgan fingerprint density at radius 1 is 1.38 bits per heavy atom. The molecule has 21 heavy (non-hydrogen) atoms. The number of anilines is 1. The summed E-state index contributed by atoms with van der Waals surface area (Å²) < 4.78 is 1.64. The fraction of sp³-hybridized carbons (Fsp3) is 0.786. The number of aliphatic hydroxyl groups is 1. The second kappa shape index (κ2) is 6.43. The Bertz CT molecular complexity index is 513. The van der Waals surface area contributed by atoms with Crippen LogP contribution in [0.3, 0.4) is 0 Å². The molecule has 1 aliphatic rings. The van der Waals surface area contributed by atoms with Gasteiger partial charge < -0.3 is 10.4 Å². The Balaban J connectivity index is 2.34. The van der Waals surface area contributed by atoms with Crippen LogP contribution in [-0.4, -0.2) is 32.0 Å². The van der Waals surface area contributed by atoms with Crippen molar-refractivity contribution in [2.75, 3.05) is 5.32 Å². The molecule has 0 spiro atoms. The first-order chi connectivity index (χ1) is 9.91. The quantitative estimate of drug-likeness (QED) is 0.506. The molecule has 0 bridgehead atoms. The van der Waals surface area contributed by atoms with E-state index in [9.17, 15) is 15.2 Å². The number of aliphatic hydroxyl groups excluding tert-OH is 1. The first-order valence-corrected chi connectivity index (χ1v) is 7.60. The molecule has 1 aromatic rings. The minimum absolute atomic E-state index is 0.0140. The summed E-state index contributed by atoms with van der Waals surface area (Å²) in [5, 5.41) is 29.0. The molecule has 0 aromatic carbocycles. The fourth-order valence-corrected chi connectivity index (χ4v) is 2.90. The Labute approximate surface area is 124 Å². The number of nitrogens with zero attached hydrogens (tertiary/aromatic N) is 3. The van der Waals surface area contributed by atoms with E-state index in [0.717, 1.165) is 32.1 Å². The fourth-order valence-electron chi connectivity index (χ4n) is 2.90. The zero-order valence-electron chi connectivity index (χ0n) is 12.9. The lowest BCUT2D eigenvalue weighted by molar-refractivity contribution is -0.384. The maximum absolute atomic E-state index is 11.3. The first-order valence-electron chi connectivity index (χ1n) is 7.60. The van der Waals surface area contributed by atoms with Crippen molar-refractivity contribution in [2.45, 2.75) is 71.1 Å². The van der Waals surface area contributed by atoms with Gasteiger partial charge in [0.15, 0.2) is 0 Å². The molecule has 7 heteroatoms. The van der Waals surface area contributed by atoms with Gasteiger partial charge >= 0.3 is 5.69 Å². The van der Waals surface area contributed by atoms with Crippen LogP contribution in [0.1, 0.15) is 57.7 Å². The van der Waals surface area contributed by atoms with E-state index in [4.69, 9.17) is 0 Å². The highest BCUT2D eigenvalue weighted by Gasteiger charge is 2.30. The van der Waals surface area contributed by atoms with E-state index in [2.05, 4.69) is 10.4 Å². The second-order valence-corrected chi connectivity index (χ2v) is 6.03. The van der Waals surface area contributed by atoms with E-state index < -0.39 is 11.0 Å². The Hall–Kier alpha value is -1.63. The highest BCUT2D eigenvalue weighted by molar-refractivity contribution is 5.60. The third-order valence-corrected chi connectivity index (χ3v) is 4.03. The molecule has 2 atom stereocenters. The third-order valence-electron chi connectivity index (χ3n) is 4.03. The zero-order valence-corrected chi connectivity index (χ0v) is 12.9. The number of hydrogen-bond acceptors (Lipinski definition) is 5. The normalized spacial score (nSPS) is 23.1. The molecule has 1 aromatic heterocycles. The van der Waals surface area contributed by atoms with E-state index in [1.165, 1.54) is 0 Å². The number of nitrogens with one attached hydrogen (secondary N) is 1. The van der Waals surface area contributed by atoms with Gasteiger partial charge in [-0.25, -0.2) is 4.68 Å². The van der Waals surface area contributed by atoms with Gasteiger partial charge in [0.05, 0.1) is 17.1 Å². The minimum Gasteiger partial charge on any atom is -0.391 e. The highest BCUT2D eigenvalue weighted by Crippen LogP contribution is 2.32. The predicted octanol–water partition coefficient (Wildman–Crippen LogP) is 2.79. The van der Waals surface area contributed by atoms with E-state index >= 15 is 0 Å². The molecule has 1 fully saturated rings. The summed E-state index contributed by atoms with van der Waals surface area (Å²) in [4.78, 5) is 10.9. The van der Waals surface area contributed by atoms with Gasteiger partial charge in [-0.05, 0) is 33.6 Å². The van der Waals surface area contributed by atoms with Crippen molar-refractivity contribution < 1.29 is 10.0 Å². The predicted molar refractivity (Wildman–Crippen MR) is 80.5 cm³/mol. The van der Waals surface area contributed by atoms with Crippen LogP contribution in [-0.2, 0) is 0 Å². The number of nitro groups is 1. The number of aryl methyl sites for hydroxylation is 1. The van der Waals surface area contributed by atoms with Crippen molar-refractivity contribution in [3.8, 4) is 0 Å². The lowest BCUT2D eigenvalue weighted by Gasteiger charge is -2.23. The molecule has 0 aliphatic heterocycles. The first kappa shape index (κ1) is 15.8. The summed E-state index contributed by atoms with van der Waals surface area (Å²) in [6.07, 6.45) is 4.21. The zero-order chi connectivity index (χ0) is 15.6. The van der Waals surface area contributed by atoms with Crippen LogP contribution in [0.2, 0.25) is 0 Å². The maximum Gasteiger partial charge on any atom is 0.333 e. The van der Waals surface area contributed by atoms with E-state index in [0.29, 0.717) is 11.5 Å². The highest BCUT2D eigenvalue weighted by atomic mass is 16.6. The summed E-state index contributed by atoms with van der Waals surface area (Å²) in [5.41, 5.74) is 0.416. The van der Waals surface area contributed by atoms with Crippen molar-refractivity contribution in [1.29, 1.82) is 0 Å². The van der Waals surface area contributed by atoms with Gasteiger partial charge in [0.2, 0.25) is 5.82 Å². The lowest BCUT2D eigenvalue weighted by Crippen LogP contribution is -2.33. The molecular formula is C14H24N4O3. The van der Waals surface area contributed by atoms with E-state index in [1.54, 1.807) is 11.6 Å². The van der Waals surface area contributed by atoms with E-state index in [1.807, 2.05) is 13.8 Å². The van der Waals surface area contributed by atoms with Crippen molar-refractivity contribution in [3.05, 3.63) is 15.8 Å². The van der Waals surface area contributed by atoms with Crippen LogP contribution in [0.4, 0.5) is 11.5 Å². The van der Waals surface area contributed by atoms with Crippen molar-refractivity contribution in [3.63, 3.8) is 0 Å². The van der Waals surface area contributed by atoms with Gasteiger partial charge in [-0.1, -0.05) is 19.3 Å². The van der Waals surface area contributed by atoms with Crippen LogP contribution >= 0.6 is 0 Å². The van der Waals surface area contributed by atoms with Crippen LogP contribution in [0.25, 0.3) is 0 Å². The van der Waals surface area contributed by atoms with Gasteiger partial charge in [0, 0.05) is 6.04 Å². The topological polar surface area (TPSA) is 93.2 Å². The molecule has 2 N–H and O–H groups in total. The van der Waals surface area contributed by atoms with Gasteiger partial charge in [0.25, 0.3) is 0 Å². The maximum atomic E-state index is 11.3. The standard InChI is InChI=1S/C14H24N4O3/c1-9(2)17-14(13(18(20)21)10(3)16-17)15-11-7-5-4-6-8-12(11)19/h9,11-12,15,19H,4-8H2,1-3H3. The number of aromatic nitrogens is 2. The van der Waals surface area contributed by atoms with Crippen molar-refractivity contribution in [1.82, 2.24) is 9.78 Å². The summed E-state index contributed by atoms with van der Waals surface area (Å²) in [6.45, 7) is 5.52. The molecule has 118 valence electrons. The smallest absolute Gasteiger partial charge is 0.333 e. The lowest BCUT2D eigenvalue weighted by atomic mass is 10.1. The second-order valence-electron chi connectivity index (χ2n) is 6.03. The summed E-state index contributed by atoms with van der Waals surface area (Å²) >= 11 is 0. The molecule has 1 aliphatic carbocycles. The molecule has 0 saturated heterocycles. The summed E-state index contributed by atoms with van der Waals surface area (Å²) in [7, 11) is 0. The molecule has 1 saturated carbocycles. The monoisotopic (exact) mass is 296 g/mol. The average Bonchev–Trinajstić information content (AvgIpc) is 2.59. The number of hydrogen-bond donors (Lipinski definition) is 2. The Morgan fingerprint density at radius 3 is 2.67 bits per heavy atom. The van der Waals surface area contributed by atoms with Crippen LogP contribution in [0, 0.1) is 17.0 Å². The van der Waals surface area contributed by atoms with Gasteiger partial charge in [-0.2, -0.15) is 5.10 Å². The summed E-state index contributed by atoms with van der Waals surface area (Å²) in [6, 6.07) is -0.136. The molecule has 2 unspecified atom stereocenters. The van der Waals surface area contributed by atoms with Crippen LogP contribution in [0.15, 0.2) is 0 Å². The van der Waals surface area contributed by atoms with Gasteiger partial charge in [-0.3, -0.25) is 10.1 Å². The molecule has 7 nitrogen and oxygen atoms in total. The van der Waals surface area contributed by atoms with Crippen LogP contribution in [0.5, 0.6) is 0 Å². The summed E-state index contributed by atoms with van der Waals surface area (Å²) in [5.74, 6) is 0.415. The van der Waals surface area contributed by atoms with Crippen molar-refractivity contribution >= 4 is 11.5 Å². The molecule has 0 radical (unpaired) electrons. The van der Waals surface area contributed by atoms with Crippen LogP contribution < -0.4 is 5.32 Å². The average molecular weight is 296 g/mol. The van der Waals surface area contributed by atoms with E-state index in [-0.39, 0.29) is 17.8 Å². The number of rotatable bonds is 4. The Morgan fingerprint density at radius 2 is 2.05 bits per heavy atom. The largest absolute Gasteiger partial charge is 0.391 e. The molecule has 1 heterocycles. The molecule has 0 amide bonds. The third kappa shape index (κ3) is 3.34. The molecule has 2 rings (SSSR count).